The molecular formula is C26H22ClFN2O3. The minimum Gasteiger partial charge on any atom is -0.490 e. The molecule has 33 heavy (non-hydrogen) atoms. The molecule has 0 saturated heterocycles. The van der Waals surface area contributed by atoms with Crippen LogP contribution < -0.4 is 14.5 Å². The van der Waals surface area contributed by atoms with Crippen LogP contribution in [-0.4, -0.2) is 18.2 Å². The van der Waals surface area contributed by atoms with E-state index in [9.17, 15) is 9.18 Å². The number of para-hydroxylation sites is 1. The first-order chi connectivity index (χ1) is 16.0. The van der Waals surface area contributed by atoms with Gasteiger partial charge in [0.1, 0.15) is 12.4 Å². The molecule has 0 atom stereocenters. The Morgan fingerprint density at radius 1 is 1.06 bits per heavy atom. The average Bonchev–Trinajstić information content (AvgIpc) is 3.09. The third-order valence-electron chi connectivity index (χ3n) is 5.00. The molecular weight excluding hydrogens is 443 g/mol. The quantitative estimate of drug-likeness (QED) is 0.387. The van der Waals surface area contributed by atoms with Crippen molar-refractivity contribution in [1.29, 1.82) is 0 Å². The normalized spacial score (nSPS) is 14.5. The highest BCUT2D eigenvalue weighted by atomic mass is 35.5. The van der Waals surface area contributed by atoms with E-state index in [2.05, 4.69) is 5.10 Å². The van der Waals surface area contributed by atoms with Crippen LogP contribution in [0.5, 0.6) is 11.5 Å². The fourth-order valence-electron chi connectivity index (χ4n) is 3.41. The molecule has 1 aliphatic heterocycles. The lowest BCUT2D eigenvalue weighted by Crippen LogP contribution is -2.21. The Labute approximate surface area is 196 Å². The Bertz CT molecular complexity index is 1220. The molecule has 1 aliphatic rings. The highest BCUT2D eigenvalue weighted by Gasteiger charge is 2.28. The summed E-state index contributed by atoms with van der Waals surface area (Å²) in [6.07, 6.45) is 1.74. The zero-order valence-electron chi connectivity index (χ0n) is 18.2. The standard InChI is InChI=1S/C26H22ClFN2O3/c1-3-32-24-15-19(14-23(27)25(24)33-16-18-9-11-20(28)12-10-18)13-22-17(2)29-30(26(22)31)21-7-5-4-6-8-21/h4-15H,3,16H2,1-2H3/b22-13+. The van der Waals surface area contributed by atoms with Gasteiger partial charge in [0.05, 0.1) is 28.6 Å². The van der Waals surface area contributed by atoms with Crippen LogP contribution in [0.3, 0.4) is 0 Å². The lowest BCUT2D eigenvalue weighted by atomic mass is 10.1. The summed E-state index contributed by atoms with van der Waals surface area (Å²) in [7, 11) is 0. The molecule has 0 aromatic heterocycles. The van der Waals surface area contributed by atoms with Crippen LogP contribution >= 0.6 is 11.6 Å². The van der Waals surface area contributed by atoms with Crippen molar-refractivity contribution >= 4 is 35.0 Å². The fraction of sp³-hybridized carbons (Fsp3) is 0.154. The number of anilines is 1. The second-order valence-corrected chi connectivity index (χ2v) is 7.78. The zero-order chi connectivity index (χ0) is 23.4. The number of carbonyl (C=O) groups is 1. The van der Waals surface area contributed by atoms with Gasteiger partial charge in [-0.25, -0.2) is 4.39 Å². The van der Waals surface area contributed by atoms with Crippen LogP contribution in [0.1, 0.15) is 25.0 Å². The topological polar surface area (TPSA) is 51.1 Å². The maximum atomic E-state index is 13.1. The predicted octanol–water partition coefficient (Wildman–Crippen LogP) is 6.26. The maximum Gasteiger partial charge on any atom is 0.280 e. The van der Waals surface area contributed by atoms with Crippen LogP contribution in [0.2, 0.25) is 5.02 Å². The van der Waals surface area contributed by atoms with Gasteiger partial charge in [-0.15, -0.1) is 0 Å². The minimum atomic E-state index is -0.310. The number of rotatable bonds is 7. The SMILES string of the molecule is CCOc1cc(/C=C2/C(=O)N(c3ccccc3)N=C2C)cc(Cl)c1OCc1ccc(F)cc1. The smallest absolute Gasteiger partial charge is 0.280 e. The van der Waals surface area contributed by atoms with Gasteiger partial charge in [0.15, 0.2) is 11.5 Å². The van der Waals surface area contributed by atoms with E-state index in [4.69, 9.17) is 21.1 Å². The Hall–Kier alpha value is -3.64. The largest absolute Gasteiger partial charge is 0.490 e. The molecule has 0 N–H and O–H groups in total. The van der Waals surface area contributed by atoms with Crippen molar-refractivity contribution < 1.29 is 18.7 Å². The van der Waals surface area contributed by atoms with Crippen molar-refractivity contribution in [2.75, 3.05) is 11.6 Å². The van der Waals surface area contributed by atoms with Gasteiger partial charge in [-0.3, -0.25) is 4.79 Å². The van der Waals surface area contributed by atoms with Crippen molar-refractivity contribution in [1.82, 2.24) is 0 Å². The molecule has 0 radical (unpaired) electrons. The number of hydrogen-bond donors (Lipinski definition) is 0. The second-order valence-electron chi connectivity index (χ2n) is 7.37. The Kier molecular flexibility index (Phi) is 6.75. The molecule has 168 valence electrons. The molecule has 4 rings (SSSR count). The lowest BCUT2D eigenvalue weighted by molar-refractivity contribution is -0.114. The monoisotopic (exact) mass is 464 g/mol. The van der Waals surface area contributed by atoms with E-state index in [1.165, 1.54) is 17.1 Å². The van der Waals surface area contributed by atoms with Gasteiger partial charge < -0.3 is 9.47 Å². The second kappa shape index (κ2) is 9.88. The maximum absolute atomic E-state index is 13.1. The van der Waals surface area contributed by atoms with Crippen LogP contribution in [0.25, 0.3) is 6.08 Å². The van der Waals surface area contributed by atoms with Gasteiger partial charge in [-0.05, 0) is 67.4 Å². The molecule has 0 spiro atoms. The van der Waals surface area contributed by atoms with Crippen molar-refractivity contribution in [3.05, 3.63) is 94.3 Å². The van der Waals surface area contributed by atoms with Gasteiger partial charge >= 0.3 is 0 Å². The zero-order valence-corrected chi connectivity index (χ0v) is 19.0. The summed E-state index contributed by atoms with van der Waals surface area (Å²) in [5.74, 6) is 0.317. The number of amides is 1. The number of halogens is 2. The van der Waals surface area contributed by atoms with Crippen molar-refractivity contribution in [2.24, 2.45) is 5.10 Å². The molecule has 1 heterocycles. The number of ether oxygens (including phenoxy) is 2. The molecule has 0 fully saturated rings. The third kappa shape index (κ3) is 5.07. The Balaban J connectivity index is 1.60. The number of carbonyl (C=O) groups excluding carboxylic acids is 1. The molecule has 0 unspecified atom stereocenters. The number of nitrogens with zero attached hydrogens (tertiary/aromatic N) is 2. The molecule has 7 heteroatoms. The summed E-state index contributed by atoms with van der Waals surface area (Å²) in [6, 6.07) is 18.8. The predicted molar refractivity (Wildman–Crippen MR) is 128 cm³/mol. The number of hydrogen-bond acceptors (Lipinski definition) is 4. The fourth-order valence-corrected chi connectivity index (χ4v) is 3.68. The first kappa shape index (κ1) is 22.6. The van der Waals surface area contributed by atoms with Gasteiger partial charge in [0, 0.05) is 0 Å². The van der Waals surface area contributed by atoms with Crippen LogP contribution in [0.15, 0.2) is 77.4 Å². The van der Waals surface area contributed by atoms with E-state index in [1.807, 2.05) is 37.3 Å². The van der Waals surface area contributed by atoms with Gasteiger partial charge in [-0.1, -0.05) is 41.9 Å². The van der Waals surface area contributed by atoms with E-state index in [0.717, 1.165) is 5.56 Å². The summed E-state index contributed by atoms with van der Waals surface area (Å²) in [6.45, 7) is 4.26. The van der Waals surface area contributed by atoms with E-state index in [0.29, 0.717) is 45.7 Å². The molecule has 5 nitrogen and oxygen atoms in total. The third-order valence-corrected chi connectivity index (χ3v) is 5.28. The van der Waals surface area contributed by atoms with Crippen molar-refractivity contribution in [3.63, 3.8) is 0 Å². The van der Waals surface area contributed by atoms with Crippen LogP contribution in [-0.2, 0) is 11.4 Å². The first-order valence-corrected chi connectivity index (χ1v) is 10.8. The molecule has 3 aromatic rings. The first-order valence-electron chi connectivity index (χ1n) is 10.5. The molecule has 0 bridgehead atoms. The van der Waals surface area contributed by atoms with Gasteiger partial charge in [0.2, 0.25) is 0 Å². The van der Waals surface area contributed by atoms with Crippen molar-refractivity contribution in [2.45, 2.75) is 20.5 Å². The van der Waals surface area contributed by atoms with E-state index in [-0.39, 0.29) is 18.3 Å². The van der Waals surface area contributed by atoms with Crippen LogP contribution in [0, 0.1) is 5.82 Å². The minimum absolute atomic E-state index is 0.205. The summed E-state index contributed by atoms with van der Waals surface area (Å²) < 4.78 is 24.8. The summed E-state index contributed by atoms with van der Waals surface area (Å²) in [4.78, 5) is 13.0. The highest BCUT2D eigenvalue weighted by Crippen LogP contribution is 2.38. The van der Waals surface area contributed by atoms with E-state index >= 15 is 0 Å². The Morgan fingerprint density at radius 2 is 1.79 bits per heavy atom. The molecule has 1 amide bonds. The summed E-state index contributed by atoms with van der Waals surface area (Å²) in [5.41, 5.74) is 3.26. The molecule has 3 aromatic carbocycles. The molecule has 0 aliphatic carbocycles. The van der Waals surface area contributed by atoms with E-state index in [1.54, 1.807) is 37.3 Å². The van der Waals surface area contributed by atoms with Crippen molar-refractivity contribution in [3.8, 4) is 11.5 Å². The Morgan fingerprint density at radius 3 is 2.48 bits per heavy atom. The molecule has 0 saturated carbocycles. The highest BCUT2D eigenvalue weighted by molar-refractivity contribution is 6.33. The van der Waals surface area contributed by atoms with E-state index < -0.39 is 0 Å². The number of benzene rings is 3. The summed E-state index contributed by atoms with van der Waals surface area (Å²) >= 11 is 6.52. The lowest BCUT2D eigenvalue weighted by Gasteiger charge is -2.15. The van der Waals surface area contributed by atoms with Gasteiger partial charge in [-0.2, -0.15) is 10.1 Å². The number of hydrazone groups is 1. The average molecular weight is 465 g/mol. The summed E-state index contributed by atoms with van der Waals surface area (Å²) in [5, 5.41) is 6.13. The van der Waals surface area contributed by atoms with Crippen LogP contribution in [0.4, 0.5) is 10.1 Å². The van der Waals surface area contributed by atoms with Gasteiger partial charge in [0.25, 0.3) is 5.91 Å².